The summed E-state index contributed by atoms with van der Waals surface area (Å²) >= 11 is 0. The summed E-state index contributed by atoms with van der Waals surface area (Å²) in [7, 11) is 3.86. The SMILES string of the molecule is CN(C)c1nccc([C@H]2CNCCO2)n1. The first-order valence-electron chi connectivity index (χ1n) is 5.10. The largest absolute Gasteiger partial charge is 0.369 e. The first-order chi connectivity index (χ1) is 7.27. The molecule has 0 unspecified atom stereocenters. The fraction of sp³-hybridized carbons (Fsp3) is 0.600. The van der Waals surface area contributed by atoms with Gasteiger partial charge in [-0.3, -0.25) is 0 Å². The minimum absolute atomic E-state index is 0.0560. The van der Waals surface area contributed by atoms with Crippen LogP contribution in [0, 0.1) is 0 Å². The highest BCUT2D eigenvalue weighted by Gasteiger charge is 2.17. The van der Waals surface area contributed by atoms with Crippen molar-refractivity contribution in [2.24, 2.45) is 0 Å². The van der Waals surface area contributed by atoms with Crippen LogP contribution in [0.1, 0.15) is 11.8 Å². The lowest BCUT2D eigenvalue weighted by molar-refractivity contribution is 0.0250. The Hall–Kier alpha value is -1.20. The molecular weight excluding hydrogens is 192 g/mol. The Kier molecular flexibility index (Phi) is 3.13. The molecule has 1 N–H and O–H groups in total. The van der Waals surface area contributed by atoms with E-state index in [2.05, 4.69) is 15.3 Å². The van der Waals surface area contributed by atoms with Gasteiger partial charge in [-0.15, -0.1) is 0 Å². The van der Waals surface area contributed by atoms with Crippen molar-refractivity contribution in [1.82, 2.24) is 15.3 Å². The maximum absolute atomic E-state index is 5.63. The van der Waals surface area contributed by atoms with E-state index in [0.29, 0.717) is 0 Å². The van der Waals surface area contributed by atoms with Gasteiger partial charge < -0.3 is 15.0 Å². The summed E-state index contributed by atoms with van der Waals surface area (Å²) in [5, 5.41) is 3.28. The topological polar surface area (TPSA) is 50.3 Å². The van der Waals surface area contributed by atoms with Crippen LogP contribution < -0.4 is 10.2 Å². The second-order valence-electron chi connectivity index (χ2n) is 3.74. The van der Waals surface area contributed by atoms with Crippen molar-refractivity contribution < 1.29 is 4.74 Å². The summed E-state index contributed by atoms with van der Waals surface area (Å²) < 4.78 is 5.63. The highest BCUT2D eigenvalue weighted by atomic mass is 16.5. The van der Waals surface area contributed by atoms with Crippen LogP contribution >= 0.6 is 0 Å². The number of ether oxygens (including phenoxy) is 1. The van der Waals surface area contributed by atoms with Crippen LogP contribution in [0.15, 0.2) is 12.3 Å². The summed E-state index contributed by atoms with van der Waals surface area (Å²) in [6.07, 6.45) is 1.83. The third-order valence-corrected chi connectivity index (χ3v) is 2.32. The molecule has 0 radical (unpaired) electrons. The highest BCUT2D eigenvalue weighted by Crippen LogP contribution is 2.17. The Bertz CT molecular complexity index is 323. The summed E-state index contributed by atoms with van der Waals surface area (Å²) in [4.78, 5) is 10.5. The van der Waals surface area contributed by atoms with Crippen molar-refractivity contribution in [2.75, 3.05) is 38.7 Å². The van der Waals surface area contributed by atoms with Gasteiger partial charge in [-0.25, -0.2) is 9.97 Å². The maximum Gasteiger partial charge on any atom is 0.225 e. The van der Waals surface area contributed by atoms with Crippen molar-refractivity contribution in [3.63, 3.8) is 0 Å². The molecule has 5 heteroatoms. The lowest BCUT2D eigenvalue weighted by Gasteiger charge is -2.23. The minimum Gasteiger partial charge on any atom is -0.369 e. The van der Waals surface area contributed by atoms with Crippen molar-refractivity contribution >= 4 is 5.95 Å². The quantitative estimate of drug-likeness (QED) is 0.752. The molecule has 0 aromatic carbocycles. The Morgan fingerprint density at radius 1 is 1.53 bits per heavy atom. The molecule has 1 aromatic heterocycles. The molecule has 0 bridgehead atoms. The third-order valence-electron chi connectivity index (χ3n) is 2.32. The van der Waals surface area contributed by atoms with Gasteiger partial charge in [-0.05, 0) is 6.07 Å². The van der Waals surface area contributed by atoms with E-state index in [-0.39, 0.29) is 6.10 Å². The zero-order valence-electron chi connectivity index (χ0n) is 9.10. The van der Waals surface area contributed by atoms with E-state index in [1.54, 1.807) is 6.20 Å². The van der Waals surface area contributed by atoms with E-state index in [1.807, 2.05) is 25.1 Å². The molecule has 1 saturated heterocycles. The minimum atomic E-state index is 0.0560. The van der Waals surface area contributed by atoms with E-state index in [9.17, 15) is 0 Å². The van der Waals surface area contributed by atoms with Crippen molar-refractivity contribution in [1.29, 1.82) is 0 Å². The number of hydrogen-bond donors (Lipinski definition) is 1. The van der Waals surface area contributed by atoms with E-state index < -0.39 is 0 Å². The first-order valence-corrected chi connectivity index (χ1v) is 5.10. The third kappa shape index (κ3) is 2.43. The number of morpholine rings is 1. The molecule has 1 atom stereocenters. The summed E-state index contributed by atoms with van der Waals surface area (Å²) in [5.41, 5.74) is 0.945. The monoisotopic (exact) mass is 208 g/mol. The van der Waals surface area contributed by atoms with E-state index in [1.165, 1.54) is 0 Å². The maximum atomic E-state index is 5.63. The number of rotatable bonds is 2. The van der Waals surface area contributed by atoms with Crippen LogP contribution in [0.5, 0.6) is 0 Å². The van der Waals surface area contributed by atoms with Gasteiger partial charge in [0, 0.05) is 33.4 Å². The van der Waals surface area contributed by atoms with Crippen LogP contribution in [-0.2, 0) is 4.74 Å². The van der Waals surface area contributed by atoms with E-state index in [0.717, 1.165) is 31.3 Å². The molecule has 1 aliphatic rings. The van der Waals surface area contributed by atoms with Crippen LogP contribution in [0.4, 0.5) is 5.95 Å². The van der Waals surface area contributed by atoms with Crippen molar-refractivity contribution in [2.45, 2.75) is 6.10 Å². The van der Waals surface area contributed by atoms with E-state index in [4.69, 9.17) is 4.74 Å². The molecule has 0 saturated carbocycles. The van der Waals surface area contributed by atoms with Gasteiger partial charge in [0.15, 0.2) is 0 Å². The van der Waals surface area contributed by atoms with Gasteiger partial charge in [-0.2, -0.15) is 0 Å². The van der Waals surface area contributed by atoms with Gasteiger partial charge in [0.2, 0.25) is 5.95 Å². The fourth-order valence-electron chi connectivity index (χ4n) is 1.51. The average Bonchev–Trinajstić information content (AvgIpc) is 2.30. The summed E-state index contributed by atoms with van der Waals surface area (Å²) in [6, 6.07) is 1.91. The van der Waals surface area contributed by atoms with Gasteiger partial charge in [0.05, 0.1) is 12.3 Å². The highest BCUT2D eigenvalue weighted by molar-refractivity contribution is 5.27. The molecule has 0 spiro atoms. The number of anilines is 1. The lowest BCUT2D eigenvalue weighted by atomic mass is 10.2. The summed E-state index contributed by atoms with van der Waals surface area (Å²) in [6.45, 7) is 2.48. The second-order valence-corrected chi connectivity index (χ2v) is 3.74. The predicted octanol–water partition coefficient (Wildman–Crippen LogP) is 0.203. The van der Waals surface area contributed by atoms with Crippen LogP contribution in [0.25, 0.3) is 0 Å². The Balaban J connectivity index is 2.16. The summed E-state index contributed by atoms with van der Waals surface area (Å²) in [5.74, 6) is 0.724. The Morgan fingerprint density at radius 2 is 2.40 bits per heavy atom. The first kappa shape index (κ1) is 10.3. The molecule has 15 heavy (non-hydrogen) atoms. The molecule has 1 aromatic rings. The molecule has 1 aliphatic heterocycles. The predicted molar refractivity (Wildman–Crippen MR) is 57.9 cm³/mol. The number of nitrogens with zero attached hydrogens (tertiary/aromatic N) is 3. The molecule has 1 fully saturated rings. The number of aromatic nitrogens is 2. The van der Waals surface area contributed by atoms with Crippen LogP contribution in [0.2, 0.25) is 0 Å². The zero-order valence-corrected chi connectivity index (χ0v) is 9.10. The van der Waals surface area contributed by atoms with Gasteiger partial charge in [0.25, 0.3) is 0 Å². The van der Waals surface area contributed by atoms with Crippen LogP contribution in [0.3, 0.4) is 0 Å². The second kappa shape index (κ2) is 4.55. The van der Waals surface area contributed by atoms with Gasteiger partial charge >= 0.3 is 0 Å². The Morgan fingerprint density at radius 3 is 3.07 bits per heavy atom. The molecular formula is C10H16N4O. The van der Waals surface area contributed by atoms with Crippen molar-refractivity contribution in [3.05, 3.63) is 18.0 Å². The van der Waals surface area contributed by atoms with Gasteiger partial charge in [0.1, 0.15) is 6.10 Å². The normalized spacial score (nSPS) is 21.3. The number of nitrogens with one attached hydrogen (secondary N) is 1. The van der Waals surface area contributed by atoms with Crippen molar-refractivity contribution in [3.8, 4) is 0 Å². The molecule has 2 rings (SSSR count). The molecule has 0 aliphatic carbocycles. The lowest BCUT2D eigenvalue weighted by Crippen LogP contribution is -2.34. The zero-order chi connectivity index (χ0) is 10.7. The fourth-order valence-corrected chi connectivity index (χ4v) is 1.51. The average molecular weight is 208 g/mol. The van der Waals surface area contributed by atoms with E-state index >= 15 is 0 Å². The standard InChI is InChI=1S/C10H16N4O/c1-14(2)10-12-4-3-8(13-10)9-7-11-5-6-15-9/h3-4,9,11H,5-7H2,1-2H3/t9-/m1/s1. The molecule has 82 valence electrons. The van der Waals surface area contributed by atoms with Crippen LogP contribution in [-0.4, -0.2) is 43.8 Å². The molecule has 0 amide bonds. The number of hydrogen-bond acceptors (Lipinski definition) is 5. The molecule has 5 nitrogen and oxygen atoms in total. The van der Waals surface area contributed by atoms with Gasteiger partial charge in [-0.1, -0.05) is 0 Å². The smallest absolute Gasteiger partial charge is 0.225 e. The Labute approximate surface area is 89.5 Å². The molecule has 2 heterocycles.